The molecule has 0 atom stereocenters. The van der Waals surface area contributed by atoms with Gasteiger partial charge in [0.15, 0.2) is 0 Å². The van der Waals surface area contributed by atoms with Gasteiger partial charge in [-0.1, -0.05) is 0 Å². The van der Waals surface area contributed by atoms with Crippen LogP contribution in [0.1, 0.15) is 5.56 Å². The molecule has 2 aromatic rings. The summed E-state index contributed by atoms with van der Waals surface area (Å²) in [5.41, 5.74) is 2.61. The van der Waals surface area contributed by atoms with Crippen LogP contribution < -0.4 is 4.74 Å². The molecule has 5 heteroatoms. The first-order chi connectivity index (χ1) is 11.8. The van der Waals surface area contributed by atoms with Crippen LogP contribution >= 0.6 is 0 Å². The van der Waals surface area contributed by atoms with E-state index in [1.165, 1.54) is 12.1 Å². The molecule has 0 unspecified atom stereocenters. The van der Waals surface area contributed by atoms with Gasteiger partial charge in [0, 0.05) is 0 Å². The topological polar surface area (TPSA) is 21.7 Å². The van der Waals surface area contributed by atoms with E-state index in [0.717, 1.165) is 55.3 Å². The van der Waals surface area contributed by atoms with Gasteiger partial charge in [0.05, 0.1) is 0 Å². The van der Waals surface area contributed by atoms with Crippen molar-refractivity contribution in [3.63, 3.8) is 0 Å². The third kappa shape index (κ3) is 4.50. The fourth-order valence-corrected chi connectivity index (χ4v) is 2.98. The van der Waals surface area contributed by atoms with E-state index in [0.29, 0.717) is 6.61 Å². The average Bonchev–Trinajstić information content (AvgIpc) is 2.62. The fourth-order valence-electron chi connectivity index (χ4n) is 2.74. The van der Waals surface area contributed by atoms with Crippen molar-refractivity contribution in [1.82, 2.24) is 4.90 Å². The van der Waals surface area contributed by atoms with Gasteiger partial charge in [-0.05, 0) is 0 Å². The van der Waals surface area contributed by atoms with Gasteiger partial charge < -0.3 is 0 Å². The summed E-state index contributed by atoms with van der Waals surface area (Å²) >= 11 is 4.80. The molecule has 1 fully saturated rings. The van der Waals surface area contributed by atoms with Crippen LogP contribution in [0.3, 0.4) is 0 Å². The third-order valence-electron chi connectivity index (χ3n) is 4.04. The fraction of sp³-hybridized carbons (Fsp3) is 0.316. The van der Waals surface area contributed by atoms with Gasteiger partial charge in [-0.25, -0.2) is 0 Å². The molecule has 1 aliphatic heterocycles. The Morgan fingerprint density at radius 1 is 1.17 bits per heavy atom. The van der Waals surface area contributed by atoms with Crippen molar-refractivity contribution < 1.29 is 28.9 Å². The molecule has 0 radical (unpaired) electrons. The van der Waals surface area contributed by atoms with Crippen molar-refractivity contribution in [2.75, 3.05) is 39.5 Å². The van der Waals surface area contributed by atoms with E-state index in [9.17, 15) is 4.39 Å². The molecule has 0 N–H and O–H groups in total. The molecule has 0 aliphatic carbocycles. The minimum absolute atomic E-state index is 0.252. The van der Waals surface area contributed by atoms with Crippen molar-refractivity contribution in [3.05, 3.63) is 53.8 Å². The molecule has 0 amide bonds. The predicted octanol–water partition coefficient (Wildman–Crippen LogP) is 2.90. The Hall–Kier alpha value is -1.55. The summed E-state index contributed by atoms with van der Waals surface area (Å²) in [6.07, 6.45) is 0. The van der Waals surface area contributed by atoms with Crippen LogP contribution in [0.4, 0.5) is 4.39 Å². The number of nitrogens with zero attached hydrogens (tertiary/aromatic N) is 1. The van der Waals surface area contributed by atoms with E-state index < -0.39 is 0 Å². The number of hydrogen-bond donors (Lipinski definition) is 0. The summed E-state index contributed by atoms with van der Waals surface area (Å²) < 4.78 is 24.6. The molecule has 2 aromatic carbocycles. The van der Waals surface area contributed by atoms with Gasteiger partial charge in [0.1, 0.15) is 0 Å². The van der Waals surface area contributed by atoms with Gasteiger partial charge in [0.2, 0.25) is 0 Å². The maximum atomic E-state index is 13.4. The monoisotopic (exact) mass is 371 g/mol. The van der Waals surface area contributed by atoms with Crippen LogP contribution in [0.5, 0.6) is 5.75 Å². The molecule has 3 rings (SSSR count). The molecule has 1 aliphatic rings. The summed E-state index contributed by atoms with van der Waals surface area (Å²) in [7, 11) is 0. The Bertz CT molecular complexity index is 702. The zero-order chi connectivity index (χ0) is 16.8. The second-order valence-corrected chi connectivity index (χ2v) is 5.94. The van der Waals surface area contributed by atoms with Crippen LogP contribution in [0.2, 0.25) is 0 Å². The Morgan fingerprint density at radius 2 is 2.00 bits per heavy atom. The Balaban J connectivity index is 1.66. The first-order valence-electron chi connectivity index (χ1n) is 7.99. The van der Waals surface area contributed by atoms with Gasteiger partial charge in [-0.3, -0.25) is 0 Å². The second kappa shape index (κ2) is 8.52. The zero-order valence-electron chi connectivity index (χ0n) is 13.3. The average molecular weight is 372 g/mol. The van der Waals surface area contributed by atoms with Crippen molar-refractivity contribution in [3.8, 4) is 16.9 Å². The Morgan fingerprint density at radius 3 is 2.75 bits per heavy atom. The van der Waals surface area contributed by atoms with Crippen molar-refractivity contribution in [2.24, 2.45) is 0 Å². The van der Waals surface area contributed by atoms with Crippen molar-refractivity contribution in [1.29, 1.82) is 0 Å². The van der Waals surface area contributed by atoms with Crippen LogP contribution in [-0.2, 0) is 19.8 Å². The quantitative estimate of drug-likeness (QED) is 0.729. The molecule has 24 heavy (non-hydrogen) atoms. The van der Waals surface area contributed by atoms with Crippen LogP contribution in [0, 0.1) is 5.82 Å². The van der Waals surface area contributed by atoms with Gasteiger partial charge >= 0.3 is 149 Å². The first-order valence-corrected chi connectivity index (χ1v) is 8.56. The standard InChI is InChI=1S/C19H20FNO2.Ni/c1-15-13-18(23-12-9-21-7-10-22-11-8-21)5-6-19(15)16-3-2-4-17(20)14-16;/h1-6,13-14H,7-12H2;. The van der Waals surface area contributed by atoms with E-state index >= 15 is 0 Å². The molecule has 0 saturated carbocycles. The van der Waals surface area contributed by atoms with Crippen LogP contribution in [0.25, 0.3) is 11.1 Å². The molecule has 1 saturated heterocycles. The van der Waals surface area contributed by atoms with Crippen molar-refractivity contribution in [2.45, 2.75) is 0 Å². The number of benzene rings is 2. The third-order valence-corrected chi connectivity index (χ3v) is 4.34. The Labute approximate surface area is 149 Å². The van der Waals surface area contributed by atoms with E-state index in [-0.39, 0.29) is 5.82 Å². The number of morpholine rings is 1. The summed E-state index contributed by atoms with van der Waals surface area (Å²) in [5.74, 6) is 0.532. The van der Waals surface area contributed by atoms with Crippen LogP contribution in [-0.4, -0.2) is 49.3 Å². The molecule has 0 aromatic heterocycles. The van der Waals surface area contributed by atoms with E-state index in [1.54, 1.807) is 11.1 Å². The SMILES string of the molecule is Fc1cccc(-c2ccc(OCCN3CCOCC3)cc2[CH]=[Ni])c1. The normalized spacial score (nSPS) is 15.3. The summed E-state index contributed by atoms with van der Waals surface area (Å²) in [6.45, 7) is 4.99. The molecular weight excluding hydrogens is 352 g/mol. The van der Waals surface area contributed by atoms with E-state index in [4.69, 9.17) is 24.5 Å². The number of rotatable bonds is 6. The summed E-state index contributed by atoms with van der Waals surface area (Å²) in [4.78, 5) is 3.97. The molecule has 0 spiro atoms. The van der Waals surface area contributed by atoms with Crippen molar-refractivity contribution >= 4 is 4.99 Å². The van der Waals surface area contributed by atoms with Gasteiger partial charge in [-0.2, -0.15) is 0 Å². The van der Waals surface area contributed by atoms with Gasteiger partial charge in [-0.15, -0.1) is 0 Å². The molecule has 0 bridgehead atoms. The van der Waals surface area contributed by atoms with Crippen LogP contribution in [0.15, 0.2) is 42.5 Å². The minimum atomic E-state index is -0.252. The van der Waals surface area contributed by atoms with Gasteiger partial charge in [0.25, 0.3) is 0 Å². The summed E-state index contributed by atoms with van der Waals surface area (Å²) in [6, 6.07) is 12.3. The van der Waals surface area contributed by atoms with E-state index in [2.05, 4.69) is 4.90 Å². The number of halogens is 1. The molecule has 1 heterocycles. The Kier molecular flexibility index (Phi) is 6.14. The molecule has 130 valence electrons. The maximum absolute atomic E-state index is 13.4. The zero-order valence-corrected chi connectivity index (χ0v) is 14.3. The summed E-state index contributed by atoms with van der Waals surface area (Å²) in [5, 5.41) is 0. The molecule has 3 nitrogen and oxygen atoms in total. The first kappa shape index (κ1) is 17.3. The molecular formula is C19H20FNNiO2. The predicted molar refractivity (Wildman–Crippen MR) is 89.8 cm³/mol. The number of hydrogen-bond acceptors (Lipinski definition) is 3. The number of ether oxygens (including phenoxy) is 2. The second-order valence-electron chi connectivity index (χ2n) is 5.65. The van der Waals surface area contributed by atoms with E-state index in [1.807, 2.05) is 24.3 Å².